The van der Waals surface area contributed by atoms with Crippen LogP contribution < -0.4 is 0 Å². The molecule has 0 rings (SSSR count). The van der Waals surface area contributed by atoms with Crippen molar-refractivity contribution in [2.75, 3.05) is 0 Å². The van der Waals surface area contributed by atoms with E-state index in [4.69, 9.17) is 0 Å². The maximum atomic E-state index is 10.9. The molecule has 0 atom stereocenters. The van der Waals surface area contributed by atoms with Crippen molar-refractivity contribution < 1.29 is 4.79 Å². The number of hydrogen-bond donors (Lipinski definition) is 0. The minimum atomic E-state index is 0.0358. The second-order valence-electron chi connectivity index (χ2n) is 2.94. The number of rotatable bonds is 1. The predicted octanol–water partition coefficient (Wildman–Crippen LogP) is 1.87. The van der Waals surface area contributed by atoms with Gasteiger partial charge in [-0.2, -0.15) is 0 Å². The highest BCUT2D eigenvalue weighted by molar-refractivity contribution is 5.96. The standard InChI is InChI=1S/C9H14O/c1-7(2)5-6-9(10)8(3)4/h7-8H,1-4H3. The number of carbonyl (C=O) groups excluding carboxylic acids is 1. The summed E-state index contributed by atoms with van der Waals surface area (Å²) in [5.41, 5.74) is 0. The van der Waals surface area contributed by atoms with Crippen LogP contribution in [0.15, 0.2) is 0 Å². The van der Waals surface area contributed by atoms with Crippen LogP contribution in [0.2, 0.25) is 0 Å². The van der Waals surface area contributed by atoms with Crippen LogP contribution in [0.25, 0.3) is 0 Å². The van der Waals surface area contributed by atoms with E-state index < -0.39 is 0 Å². The predicted molar refractivity (Wildman–Crippen MR) is 42.5 cm³/mol. The first kappa shape index (κ1) is 9.23. The zero-order valence-corrected chi connectivity index (χ0v) is 7.06. The van der Waals surface area contributed by atoms with Crippen LogP contribution in [-0.2, 0) is 4.79 Å². The smallest absolute Gasteiger partial charge is 0.207 e. The van der Waals surface area contributed by atoms with Gasteiger partial charge >= 0.3 is 0 Å². The van der Waals surface area contributed by atoms with Crippen molar-refractivity contribution in [3.05, 3.63) is 0 Å². The quantitative estimate of drug-likeness (QED) is 0.399. The van der Waals surface area contributed by atoms with Crippen molar-refractivity contribution in [1.82, 2.24) is 0 Å². The van der Waals surface area contributed by atoms with Gasteiger partial charge in [0.25, 0.3) is 0 Å². The Kier molecular flexibility index (Phi) is 3.79. The molecule has 0 heterocycles. The number of Topliss-reactive ketones (excluding diaryl/α,β-unsaturated/α-hetero) is 1. The maximum absolute atomic E-state index is 10.9. The van der Waals surface area contributed by atoms with E-state index in [0.29, 0.717) is 5.92 Å². The Labute approximate surface area is 62.8 Å². The lowest BCUT2D eigenvalue weighted by Gasteiger charge is -1.93. The summed E-state index contributed by atoms with van der Waals surface area (Å²) in [6.07, 6.45) is 0. The molecule has 0 aliphatic rings. The summed E-state index contributed by atoms with van der Waals surface area (Å²) in [5.74, 6) is 5.80. The molecule has 0 saturated heterocycles. The van der Waals surface area contributed by atoms with Crippen LogP contribution in [0.1, 0.15) is 27.7 Å². The first-order valence-electron chi connectivity index (χ1n) is 3.59. The van der Waals surface area contributed by atoms with Gasteiger partial charge in [0.1, 0.15) is 0 Å². The first-order valence-corrected chi connectivity index (χ1v) is 3.59. The number of hydrogen-bond acceptors (Lipinski definition) is 1. The second kappa shape index (κ2) is 4.11. The van der Waals surface area contributed by atoms with Crippen molar-refractivity contribution in [1.29, 1.82) is 0 Å². The molecular formula is C9H14O. The van der Waals surface area contributed by atoms with Crippen molar-refractivity contribution in [2.24, 2.45) is 11.8 Å². The minimum absolute atomic E-state index is 0.0358. The molecule has 10 heavy (non-hydrogen) atoms. The summed E-state index contributed by atoms with van der Waals surface area (Å²) in [7, 11) is 0. The summed E-state index contributed by atoms with van der Waals surface area (Å²) < 4.78 is 0. The van der Waals surface area contributed by atoms with Crippen LogP contribution in [0.3, 0.4) is 0 Å². The van der Waals surface area contributed by atoms with Gasteiger partial charge in [0.15, 0.2) is 0 Å². The minimum Gasteiger partial charge on any atom is -0.285 e. The summed E-state index contributed by atoms with van der Waals surface area (Å²) >= 11 is 0. The van der Waals surface area contributed by atoms with Crippen molar-refractivity contribution in [3.8, 4) is 11.8 Å². The Balaban J connectivity index is 3.93. The van der Waals surface area contributed by atoms with E-state index in [1.54, 1.807) is 0 Å². The van der Waals surface area contributed by atoms with Gasteiger partial charge in [0.2, 0.25) is 5.78 Å². The Morgan fingerprint density at radius 2 is 1.70 bits per heavy atom. The molecule has 0 unspecified atom stereocenters. The molecule has 0 bridgehead atoms. The Bertz CT molecular complexity index is 167. The van der Waals surface area contributed by atoms with Crippen molar-refractivity contribution in [2.45, 2.75) is 27.7 Å². The summed E-state index contributed by atoms with van der Waals surface area (Å²) in [4.78, 5) is 10.9. The van der Waals surface area contributed by atoms with E-state index in [9.17, 15) is 4.79 Å². The largest absolute Gasteiger partial charge is 0.285 e. The molecule has 56 valence electrons. The van der Waals surface area contributed by atoms with Crippen LogP contribution in [0, 0.1) is 23.7 Å². The molecule has 0 spiro atoms. The van der Waals surface area contributed by atoms with Crippen LogP contribution in [0.4, 0.5) is 0 Å². The summed E-state index contributed by atoms with van der Waals surface area (Å²) in [6.45, 7) is 7.66. The molecule has 0 saturated carbocycles. The van der Waals surface area contributed by atoms with E-state index in [-0.39, 0.29) is 11.7 Å². The Morgan fingerprint density at radius 1 is 1.20 bits per heavy atom. The summed E-state index contributed by atoms with van der Waals surface area (Å²) in [6, 6.07) is 0. The van der Waals surface area contributed by atoms with Crippen molar-refractivity contribution >= 4 is 5.78 Å². The molecule has 1 heteroatoms. The van der Waals surface area contributed by atoms with Gasteiger partial charge in [-0.05, 0) is 5.92 Å². The lowest BCUT2D eigenvalue weighted by Crippen LogP contribution is -2.03. The fourth-order valence-electron chi connectivity index (χ4n) is 0.360. The zero-order chi connectivity index (χ0) is 8.15. The van der Waals surface area contributed by atoms with Crippen LogP contribution >= 0.6 is 0 Å². The molecule has 0 fully saturated rings. The van der Waals surface area contributed by atoms with E-state index >= 15 is 0 Å². The molecular weight excluding hydrogens is 124 g/mol. The van der Waals surface area contributed by atoms with E-state index in [1.807, 2.05) is 27.7 Å². The molecule has 0 aromatic rings. The average molecular weight is 138 g/mol. The fourth-order valence-corrected chi connectivity index (χ4v) is 0.360. The third-order valence-corrected chi connectivity index (χ3v) is 1.01. The lowest BCUT2D eigenvalue weighted by atomic mass is 10.1. The van der Waals surface area contributed by atoms with E-state index in [0.717, 1.165) is 0 Å². The third kappa shape index (κ3) is 4.14. The van der Waals surface area contributed by atoms with E-state index in [2.05, 4.69) is 11.8 Å². The fraction of sp³-hybridized carbons (Fsp3) is 0.667. The molecule has 0 N–H and O–H groups in total. The Morgan fingerprint density at radius 3 is 2.00 bits per heavy atom. The molecule has 0 aliphatic carbocycles. The third-order valence-electron chi connectivity index (χ3n) is 1.01. The molecule has 0 radical (unpaired) electrons. The molecule has 0 aromatic heterocycles. The monoisotopic (exact) mass is 138 g/mol. The summed E-state index contributed by atoms with van der Waals surface area (Å²) in [5, 5.41) is 0. The maximum Gasteiger partial charge on any atom is 0.207 e. The van der Waals surface area contributed by atoms with Gasteiger partial charge in [0, 0.05) is 11.8 Å². The van der Waals surface area contributed by atoms with Gasteiger partial charge in [-0.1, -0.05) is 33.6 Å². The van der Waals surface area contributed by atoms with Gasteiger partial charge < -0.3 is 0 Å². The number of carbonyl (C=O) groups is 1. The first-order chi connectivity index (χ1) is 4.54. The highest BCUT2D eigenvalue weighted by Gasteiger charge is 2.01. The molecule has 0 aliphatic heterocycles. The average Bonchev–Trinajstić information content (AvgIpc) is 1.82. The molecule has 0 aromatic carbocycles. The van der Waals surface area contributed by atoms with Crippen LogP contribution in [0.5, 0.6) is 0 Å². The lowest BCUT2D eigenvalue weighted by molar-refractivity contribution is -0.116. The van der Waals surface area contributed by atoms with Gasteiger partial charge in [0.05, 0.1) is 0 Å². The molecule has 1 nitrogen and oxygen atoms in total. The van der Waals surface area contributed by atoms with Gasteiger partial charge in [-0.25, -0.2) is 0 Å². The Hall–Kier alpha value is -0.770. The highest BCUT2D eigenvalue weighted by Crippen LogP contribution is 1.93. The van der Waals surface area contributed by atoms with Gasteiger partial charge in [-0.15, -0.1) is 0 Å². The number of ketones is 1. The van der Waals surface area contributed by atoms with E-state index in [1.165, 1.54) is 0 Å². The van der Waals surface area contributed by atoms with Crippen LogP contribution in [-0.4, -0.2) is 5.78 Å². The second-order valence-corrected chi connectivity index (χ2v) is 2.94. The topological polar surface area (TPSA) is 17.1 Å². The molecule has 0 amide bonds. The SMILES string of the molecule is CC(C)C#CC(=O)C(C)C. The highest BCUT2D eigenvalue weighted by atomic mass is 16.1. The normalized spacial score (nSPS) is 9.40. The van der Waals surface area contributed by atoms with Gasteiger partial charge in [-0.3, -0.25) is 4.79 Å². The zero-order valence-electron chi connectivity index (χ0n) is 7.06. The van der Waals surface area contributed by atoms with Crippen molar-refractivity contribution in [3.63, 3.8) is 0 Å².